The van der Waals surface area contributed by atoms with E-state index >= 15 is 0 Å². The molecule has 0 fully saturated rings. The van der Waals surface area contributed by atoms with Gasteiger partial charge in [-0.1, -0.05) is 40.2 Å². The Bertz CT molecular complexity index is 997. The van der Waals surface area contributed by atoms with Crippen molar-refractivity contribution in [2.45, 2.75) is 19.9 Å². The Balaban J connectivity index is 1.69. The van der Waals surface area contributed by atoms with Crippen LogP contribution >= 0.6 is 15.9 Å². The lowest BCUT2D eigenvalue weighted by Crippen LogP contribution is -2.10. The van der Waals surface area contributed by atoms with Crippen molar-refractivity contribution in [2.24, 2.45) is 0 Å². The van der Waals surface area contributed by atoms with Crippen molar-refractivity contribution in [3.63, 3.8) is 0 Å². The molecule has 162 valence electrons. The molecular weight excluding hydrogens is 464 g/mol. The van der Waals surface area contributed by atoms with Gasteiger partial charge >= 0.3 is 12.0 Å². The first-order valence-electron chi connectivity index (χ1n) is 9.79. The van der Waals surface area contributed by atoms with Gasteiger partial charge in [0.25, 0.3) is 0 Å². The smallest absolute Gasteiger partial charge is 0.335 e. The van der Waals surface area contributed by atoms with Crippen molar-refractivity contribution in [1.82, 2.24) is 15.0 Å². The van der Waals surface area contributed by atoms with Gasteiger partial charge in [-0.15, -0.1) is 0 Å². The fraction of sp³-hybridized carbons (Fsp3) is 0.273. The Kier molecular flexibility index (Phi) is 8.17. The van der Waals surface area contributed by atoms with E-state index in [-0.39, 0.29) is 11.6 Å². The van der Waals surface area contributed by atoms with Crippen LogP contribution in [0.1, 0.15) is 34.2 Å². The van der Waals surface area contributed by atoms with Crippen LogP contribution in [0.25, 0.3) is 0 Å². The van der Waals surface area contributed by atoms with Gasteiger partial charge in [-0.05, 0) is 42.3 Å². The molecule has 31 heavy (non-hydrogen) atoms. The number of rotatable bonds is 11. The van der Waals surface area contributed by atoms with Crippen molar-refractivity contribution in [3.05, 3.63) is 71.0 Å². The molecule has 8 nitrogen and oxygen atoms in total. The van der Waals surface area contributed by atoms with Crippen LogP contribution in [0.3, 0.4) is 0 Å². The topological polar surface area (TPSA) is 106 Å². The SMILES string of the molecule is CCOc1nc(Cc2ccc(C(=O)O)cc2)nc(NCc2ccc(OCCBr)cc2)n1. The molecule has 1 aromatic heterocycles. The second kappa shape index (κ2) is 11.3. The number of aromatic carboxylic acids is 1. The maximum Gasteiger partial charge on any atom is 0.335 e. The number of carboxylic acid groups (broad SMARTS) is 1. The lowest BCUT2D eigenvalue weighted by Gasteiger charge is -2.10. The van der Waals surface area contributed by atoms with Crippen LogP contribution in [0.15, 0.2) is 48.5 Å². The van der Waals surface area contributed by atoms with Gasteiger partial charge < -0.3 is 19.9 Å². The fourth-order valence-corrected chi connectivity index (χ4v) is 2.90. The first-order valence-corrected chi connectivity index (χ1v) is 10.9. The normalized spacial score (nSPS) is 10.5. The third-order valence-corrected chi connectivity index (χ3v) is 4.54. The molecule has 0 unspecified atom stereocenters. The van der Waals surface area contributed by atoms with Crippen LogP contribution in [0.4, 0.5) is 5.95 Å². The minimum atomic E-state index is -0.959. The Labute approximate surface area is 188 Å². The average Bonchev–Trinajstić information content (AvgIpc) is 2.77. The van der Waals surface area contributed by atoms with E-state index in [1.807, 2.05) is 31.2 Å². The number of anilines is 1. The number of aromatic nitrogens is 3. The highest BCUT2D eigenvalue weighted by Gasteiger charge is 2.10. The molecule has 3 rings (SSSR count). The zero-order chi connectivity index (χ0) is 22.1. The first kappa shape index (κ1) is 22.5. The van der Waals surface area contributed by atoms with E-state index in [0.29, 0.717) is 38.0 Å². The van der Waals surface area contributed by atoms with E-state index < -0.39 is 5.97 Å². The predicted octanol–water partition coefficient (Wildman–Crippen LogP) is 3.95. The quantitative estimate of drug-likeness (QED) is 0.392. The zero-order valence-corrected chi connectivity index (χ0v) is 18.6. The van der Waals surface area contributed by atoms with Crippen LogP contribution in [0.2, 0.25) is 0 Å². The van der Waals surface area contributed by atoms with Gasteiger partial charge in [0.2, 0.25) is 5.95 Å². The molecule has 2 aromatic carbocycles. The Morgan fingerprint density at radius 3 is 2.35 bits per heavy atom. The second-order valence-corrected chi connectivity index (χ2v) is 7.30. The van der Waals surface area contributed by atoms with Gasteiger partial charge in [0.05, 0.1) is 18.8 Å². The molecule has 0 bridgehead atoms. The highest BCUT2D eigenvalue weighted by atomic mass is 79.9. The van der Waals surface area contributed by atoms with E-state index in [4.69, 9.17) is 14.6 Å². The molecule has 0 aliphatic rings. The van der Waals surface area contributed by atoms with Gasteiger partial charge in [-0.25, -0.2) is 4.79 Å². The Hall–Kier alpha value is -3.20. The summed E-state index contributed by atoms with van der Waals surface area (Å²) in [6, 6.07) is 14.7. The average molecular weight is 487 g/mol. The lowest BCUT2D eigenvalue weighted by atomic mass is 10.1. The number of carbonyl (C=O) groups is 1. The van der Waals surface area contributed by atoms with Crippen molar-refractivity contribution >= 4 is 27.8 Å². The third-order valence-electron chi connectivity index (χ3n) is 4.22. The molecule has 9 heteroatoms. The van der Waals surface area contributed by atoms with Gasteiger partial charge in [0, 0.05) is 18.3 Å². The number of alkyl halides is 1. The molecule has 0 aliphatic carbocycles. The Morgan fingerprint density at radius 1 is 1.00 bits per heavy atom. The number of halogens is 1. The minimum absolute atomic E-state index is 0.236. The maximum absolute atomic E-state index is 11.0. The Morgan fingerprint density at radius 2 is 1.71 bits per heavy atom. The van der Waals surface area contributed by atoms with Crippen LogP contribution in [0.5, 0.6) is 11.8 Å². The minimum Gasteiger partial charge on any atom is -0.493 e. The van der Waals surface area contributed by atoms with E-state index in [1.54, 1.807) is 24.3 Å². The lowest BCUT2D eigenvalue weighted by molar-refractivity contribution is 0.0697. The molecule has 0 amide bonds. The van der Waals surface area contributed by atoms with Crippen LogP contribution in [-0.4, -0.2) is 44.6 Å². The van der Waals surface area contributed by atoms with Crippen molar-refractivity contribution in [2.75, 3.05) is 23.9 Å². The summed E-state index contributed by atoms with van der Waals surface area (Å²) in [6.45, 7) is 3.44. The highest BCUT2D eigenvalue weighted by Crippen LogP contribution is 2.16. The number of nitrogens with one attached hydrogen (secondary N) is 1. The zero-order valence-electron chi connectivity index (χ0n) is 17.0. The van der Waals surface area contributed by atoms with Crippen LogP contribution in [0, 0.1) is 0 Å². The predicted molar refractivity (Wildman–Crippen MR) is 120 cm³/mol. The molecule has 3 aromatic rings. The van der Waals surface area contributed by atoms with E-state index in [2.05, 4.69) is 36.2 Å². The number of carboxylic acids is 1. The molecule has 1 heterocycles. The summed E-state index contributed by atoms with van der Waals surface area (Å²) < 4.78 is 11.0. The van der Waals surface area contributed by atoms with Gasteiger partial charge in [-0.3, -0.25) is 0 Å². The molecule has 0 saturated heterocycles. The highest BCUT2D eigenvalue weighted by molar-refractivity contribution is 9.09. The number of hydrogen-bond donors (Lipinski definition) is 2. The van der Waals surface area contributed by atoms with Crippen molar-refractivity contribution < 1.29 is 19.4 Å². The summed E-state index contributed by atoms with van der Waals surface area (Å²) in [5.74, 6) is 0.801. The number of nitrogens with zero attached hydrogens (tertiary/aromatic N) is 3. The van der Waals surface area contributed by atoms with Gasteiger partial charge in [-0.2, -0.15) is 15.0 Å². The molecule has 0 radical (unpaired) electrons. The van der Waals surface area contributed by atoms with Crippen LogP contribution < -0.4 is 14.8 Å². The fourth-order valence-electron chi connectivity index (χ4n) is 2.74. The van der Waals surface area contributed by atoms with E-state index in [0.717, 1.165) is 22.2 Å². The summed E-state index contributed by atoms with van der Waals surface area (Å²) in [7, 11) is 0. The number of ether oxygens (including phenoxy) is 2. The molecule has 0 saturated carbocycles. The molecular formula is C22H23BrN4O4. The summed E-state index contributed by atoms with van der Waals surface area (Å²) in [6.07, 6.45) is 0.427. The van der Waals surface area contributed by atoms with Crippen molar-refractivity contribution in [3.8, 4) is 11.8 Å². The maximum atomic E-state index is 11.0. The molecule has 0 spiro atoms. The first-order chi connectivity index (χ1) is 15.1. The summed E-state index contributed by atoms with van der Waals surface area (Å²) in [4.78, 5) is 24.2. The van der Waals surface area contributed by atoms with Gasteiger partial charge in [0.1, 0.15) is 11.6 Å². The molecule has 0 aliphatic heterocycles. The standard InChI is InChI=1S/C22H23BrN4O4/c1-2-30-22-26-19(13-15-3-7-17(8-4-15)20(28)29)25-21(27-22)24-14-16-5-9-18(10-6-16)31-12-11-23/h3-10H,2,11-14H2,1H3,(H,28,29)(H,24,25,26,27). The second-order valence-electron chi connectivity index (χ2n) is 6.50. The molecule has 0 atom stereocenters. The van der Waals surface area contributed by atoms with E-state index in [9.17, 15) is 4.79 Å². The number of benzene rings is 2. The third kappa shape index (κ3) is 6.92. The largest absolute Gasteiger partial charge is 0.493 e. The van der Waals surface area contributed by atoms with E-state index in [1.165, 1.54) is 0 Å². The summed E-state index contributed by atoms with van der Waals surface area (Å²) >= 11 is 3.34. The summed E-state index contributed by atoms with van der Waals surface area (Å²) in [5, 5.41) is 13.0. The van der Waals surface area contributed by atoms with Crippen molar-refractivity contribution in [1.29, 1.82) is 0 Å². The van der Waals surface area contributed by atoms with Crippen LogP contribution in [-0.2, 0) is 13.0 Å². The van der Waals surface area contributed by atoms with Gasteiger partial charge in [0.15, 0.2) is 0 Å². The number of hydrogen-bond acceptors (Lipinski definition) is 7. The summed E-state index contributed by atoms with van der Waals surface area (Å²) in [5.41, 5.74) is 2.18. The molecule has 2 N–H and O–H groups in total. The monoisotopic (exact) mass is 486 g/mol.